The molecule has 0 aliphatic heterocycles. The van der Waals surface area contributed by atoms with E-state index in [4.69, 9.17) is 0 Å². The zero-order valence-corrected chi connectivity index (χ0v) is 10.3. The van der Waals surface area contributed by atoms with Crippen LogP contribution in [0.1, 0.15) is 36.8 Å². The molecule has 1 aromatic rings. The Hall–Kier alpha value is -0.900. The van der Waals surface area contributed by atoms with Crippen LogP contribution < -0.4 is 5.32 Å². The van der Waals surface area contributed by atoms with Crippen molar-refractivity contribution in [3.8, 4) is 0 Å². The van der Waals surface area contributed by atoms with Crippen LogP contribution in [-0.2, 0) is 17.6 Å². The molecule has 86 valence electrons. The predicted octanol–water partition coefficient (Wildman–Crippen LogP) is 2.62. The van der Waals surface area contributed by atoms with Crippen molar-refractivity contribution >= 4 is 22.4 Å². The number of rotatable bonds is 2. The summed E-state index contributed by atoms with van der Waals surface area (Å²) in [7, 11) is 0. The fourth-order valence-corrected chi connectivity index (χ4v) is 3.32. The van der Waals surface area contributed by atoms with Crippen molar-refractivity contribution < 1.29 is 4.79 Å². The molecule has 3 nitrogen and oxygen atoms in total. The van der Waals surface area contributed by atoms with Gasteiger partial charge in [-0.3, -0.25) is 4.79 Å². The van der Waals surface area contributed by atoms with E-state index in [-0.39, 0.29) is 11.8 Å². The lowest BCUT2D eigenvalue weighted by Crippen LogP contribution is -2.13. The number of nitrogens with one attached hydrogen (secondary N) is 1. The zero-order valence-electron chi connectivity index (χ0n) is 9.45. The van der Waals surface area contributed by atoms with Crippen molar-refractivity contribution in [2.45, 2.75) is 39.0 Å². The molecule has 1 atom stereocenters. The van der Waals surface area contributed by atoms with Crippen LogP contribution in [0.4, 0.5) is 5.13 Å². The van der Waals surface area contributed by atoms with Crippen molar-refractivity contribution in [3.63, 3.8) is 0 Å². The maximum absolute atomic E-state index is 11.6. The second-order valence-corrected chi connectivity index (χ2v) is 6.08. The number of nitrogens with zero attached hydrogens (tertiary/aromatic N) is 1. The number of fused-ring (bicyclic) bond motifs is 1. The first-order chi connectivity index (χ1) is 7.72. The highest BCUT2D eigenvalue weighted by Crippen LogP contribution is 2.34. The highest BCUT2D eigenvalue weighted by Gasteiger charge is 2.30. The second kappa shape index (κ2) is 3.84. The second-order valence-electron chi connectivity index (χ2n) is 5.00. The fraction of sp³-hybridized carbons (Fsp3) is 0.667. The lowest BCUT2D eigenvalue weighted by molar-refractivity contribution is -0.117. The monoisotopic (exact) mass is 236 g/mol. The van der Waals surface area contributed by atoms with Gasteiger partial charge in [-0.1, -0.05) is 6.92 Å². The maximum atomic E-state index is 11.6. The quantitative estimate of drug-likeness (QED) is 0.857. The average Bonchev–Trinajstić information content (AvgIpc) is 3.00. The van der Waals surface area contributed by atoms with E-state index < -0.39 is 0 Å². The fourth-order valence-electron chi connectivity index (χ4n) is 2.15. The number of amides is 1. The van der Waals surface area contributed by atoms with Crippen LogP contribution in [0.5, 0.6) is 0 Å². The van der Waals surface area contributed by atoms with Crippen molar-refractivity contribution in [1.29, 1.82) is 0 Å². The minimum atomic E-state index is 0.166. The van der Waals surface area contributed by atoms with Crippen LogP contribution in [0.3, 0.4) is 0 Å². The number of aryl methyl sites for hydroxylation is 1. The van der Waals surface area contributed by atoms with Crippen molar-refractivity contribution in [2.24, 2.45) is 11.8 Å². The van der Waals surface area contributed by atoms with Gasteiger partial charge >= 0.3 is 0 Å². The Morgan fingerprint density at radius 1 is 1.44 bits per heavy atom. The molecule has 1 saturated carbocycles. The van der Waals surface area contributed by atoms with E-state index in [1.807, 2.05) is 0 Å². The normalized spacial score (nSPS) is 23.9. The summed E-state index contributed by atoms with van der Waals surface area (Å²) < 4.78 is 0. The SMILES string of the molecule is CC1CCc2nc(NC(=O)C3CC3)sc2C1. The van der Waals surface area contributed by atoms with Crippen LogP contribution >= 0.6 is 11.3 Å². The first kappa shape index (κ1) is 10.3. The van der Waals surface area contributed by atoms with E-state index in [2.05, 4.69) is 17.2 Å². The number of carbonyl (C=O) groups is 1. The van der Waals surface area contributed by atoms with Gasteiger partial charge in [0.15, 0.2) is 5.13 Å². The Morgan fingerprint density at radius 2 is 2.25 bits per heavy atom. The summed E-state index contributed by atoms with van der Waals surface area (Å²) in [5, 5.41) is 3.76. The molecular formula is C12H16N2OS. The smallest absolute Gasteiger partial charge is 0.229 e. The minimum absolute atomic E-state index is 0.166. The third kappa shape index (κ3) is 1.98. The van der Waals surface area contributed by atoms with E-state index in [0.29, 0.717) is 0 Å². The molecule has 1 heterocycles. The molecule has 3 rings (SSSR count). The molecule has 1 aromatic heterocycles. The summed E-state index contributed by atoms with van der Waals surface area (Å²) in [5.41, 5.74) is 1.22. The van der Waals surface area contributed by atoms with Gasteiger partial charge in [-0.05, 0) is 38.0 Å². The van der Waals surface area contributed by atoms with Gasteiger partial charge in [-0.15, -0.1) is 11.3 Å². The van der Waals surface area contributed by atoms with Crippen molar-refractivity contribution in [3.05, 3.63) is 10.6 Å². The largest absolute Gasteiger partial charge is 0.302 e. The van der Waals surface area contributed by atoms with Gasteiger partial charge in [0.25, 0.3) is 0 Å². The predicted molar refractivity (Wildman–Crippen MR) is 64.7 cm³/mol. The Balaban J connectivity index is 1.73. The highest BCUT2D eigenvalue weighted by atomic mass is 32.1. The van der Waals surface area contributed by atoms with Gasteiger partial charge < -0.3 is 5.32 Å². The van der Waals surface area contributed by atoms with Gasteiger partial charge in [0, 0.05) is 10.8 Å². The van der Waals surface area contributed by atoms with E-state index in [0.717, 1.165) is 36.7 Å². The number of anilines is 1. The van der Waals surface area contributed by atoms with Gasteiger partial charge in [0.2, 0.25) is 5.91 Å². The summed E-state index contributed by atoms with van der Waals surface area (Å²) >= 11 is 1.67. The Bertz CT molecular complexity index is 423. The van der Waals surface area contributed by atoms with Crippen molar-refractivity contribution in [1.82, 2.24) is 4.98 Å². The standard InChI is InChI=1S/C12H16N2OS/c1-7-2-5-9-10(6-7)16-12(13-9)14-11(15)8-3-4-8/h7-8H,2-6H2,1H3,(H,13,14,15). The van der Waals surface area contributed by atoms with Gasteiger partial charge in [0.1, 0.15) is 0 Å². The molecule has 2 aliphatic rings. The highest BCUT2D eigenvalue weighted by molar-refractivity contribution is 7.15. The maximum Gasteiger partial charge on any atom is 0.229 e. The van der Waals surface area contributed by atoms with E-state index in [1.165, 1.54) is 17.0 Å². The van der Waals surface area contributed by atoms with Crippen LogP contribution in [0.2, 0.25) is 0 Å². The molecule has 1 unspecified atom stereocenters. The molecule has 4 heteroatoms. The molecule has 0 bridgehead atoms. The average molecular weight is 236 g/mol. The van der Waals surface area contributed by atoms with Crippen LogP contribution in [0.25, 0.3) is 0 Å². The number of aromatic nitrogens is 1. The van der Waals surface area contributed by atoms with Crippen LogP contribution in [0, 0.1) is 11.8 Å². The summed E-state index contributed by atoms with van der Waals surface area (Å²) in [6.45, 7) is 2.28. The van der Waals surface area contributed by atoms with Gasteiger partial charge in [-0.2, -0.15) is 0 Å². The van der Waals surface area contributed by atoms with Gasteiger partial charge in [0.05, 0.1) is 5.69 Å². The van der Waals surface area contributed by atoms with Gasteiger partial charge in [-0.25, -0.2) is 4.98 Å². The minimum Gasteiger partial charge on any atom is -0.302 e. The molecule has 0 saturated heterocycles. The summed E-state index contributed by atoms with van der Waals surface area (Å²) in [4.78, 5) is 17.5. The number of hydrogen-bond donors (Lipinski definition) is 1. The lowest BCUT2D eigenvalue weighted by Gasteiger charge is -2.15. The lowest BCUT2D eigenvalue weighted by atomic mass is 9.93. The molecule has 1 N–H and O–H groups in total. The zero-order chi connectivity index (χ0) is 11.1. The van der Waals surface area contributed by atoms with E-state index in [9.17, 15) is 4.79 Å². The molecule has 1 amide bonds. The van der Waals surface area contributed by atoms with Crippen LogP contribution in [-0.4, -0.2) is 10.9 Å². The first-order valence-electron chi connectivity index (χ1n) is 6.02. The summed E-state index contributed by atoms with van der Waals surface area (Å²) in [6, 6.07) is 0. The van der Waals surface area contributed by atoms with Crippen molar-refractivity contribution in [2.75, 3.05) is 5.32 Å². The van der Waals surface area contributed by atoms with E-state index >= 15 is 0 Å². The Kier molecular flexibility index (Phi) is 2.46. The Morgan fingerprint density at radius 3 is 3.00 bits per heavy atom. The summed E-state index contributed by atoms with van der Waals surface area (Å²) in [5.74, 6) is 1.19. The molecular weight excluding hydrogens is 220 g/mol. The van der Waals surface area contributed by atoms with E-state index in [1.54, 1.807) is 11.3 Å². The molecule has 16 heavy (non-hydrogen) atoms. The first-order valence-corrected chi connectivity index (χ1v) is 6.83. The molecule has 2 aliphatic carbocycles. The number of thiazole rings is 1. The molecule has 1 fully saturated rings. The molecule has 0 radical (unpaired) electrons. The summed E-state index contributed by atoms with van der Waals surface area (Å²) in [6.07, 6.45) is 5.53. The topological polar surface area (TPSA) is 42.0 Å². The molecule has 0 spiro atoms. The third-order valence-corrected chi connectivity index (χ3v) is 4.40. The Labute approximate surface area is 99.3 Å². The number of hydrogen-bond acceptors (Lipinski definition) is 3. The number of carbonyl (C=O) groups excluding carboxylic acids is 1. The van der Waals surface area contributed by atoms with Crippen LogP contribution in [0.15, 0.2) is 0 Å². The third-order valence-electron chi connectivity index (χ3n) is 3.36. The molecule has 0 aromatic carbocycles.